The first-order valence-corrected chi connectivity index (χ1v) is 11.8. The van der Waals surface area contributed by atoms with Gasteiger partial charge in [0.05, 0.1) is 0 Å². The van der Waals surface area contributed by atoms with Crippen molar-refractivity contribution in [1.82, 2.24) is 9.97 Å². The van der Waals surface area contributed by atoms with Crippen LogP contribution in [0.5, 0.6) is 5.75 Å². The summed E-state index contributed by atoms with van der Waals surface area (Å²) in [6.07, 6.45) is 14.5. The highest BCUT2D eigenvalue weighted by atomic mass is 35.5. The number of esters is 1. The molecule has 0 radical (unpaired) electrons. The number of carbonyl (C=O) groups is 1. The molecule has 0 bridgehead atoms. The average Bonchev–Trinajstić information content (AvgIpc) is 2.78. The fourth-order valence-electron chi connectivity index (χ4n) is 3.20. The Morgan fingerprint density at radius 2 is 1.53 bits per heavy atom. The van der Waals surface area contributed by atoms with Gasteiger partial charge in [-0.05, 0) is 30.0 Å². The molecule has 0 spiro atoms. The van der Waals surface area contributed by atoms with Crippen molar-refractivity contribution >= 4 is 17.6 Å². The molecule has 1 aromatic heterocycles. The molecule has 0 fully saturated rings. The fraction of sp³-hybridized carbons (Fsp3) is 0.560. The maximum absolute atomic E-state index is 12.1. The molecule has 0 aliphatic rings. The summed E-state index contributed by atoms with van der Waals surface area (Å²) in [7, 11) is 0. The Bertz CT molecular complexity index is 747. The van der Waals surface area contributed by atoms with Crippen LogP contribution in [0.3, 0.4) is 0 Å². The number of benzene rings is 1. The quantitative estimate of drug-likeness (QED) is 0.148. The molecular weight excluding hydrogens is 396 g/mol. The predicted octanol–water partition coefficient (Wildman–Crippen LogP) is 7.00. The van der Waals surface area contributed by atoms with Gasteiger partial charge >= 0.3 is 5.97 Å². The van der Waals surface area contributed by atoms with Gasteiger partial charge in [-0.15, -0.1) is 11.6 Å². The van der Waals surface area contributed by atoms with Crippen molar-refractivity contribution in [2.24, 2.45) is 5.92 Å². The van der Waals surface area contributed by atoms with Crippen LogP contribution in [0.2, 0.25) is 0 Å². The Labute approximate surface area is 186 Å². The minimum absolute atomic E-state index is 0.0789. The molecule has 5 heteroatoms. The van der Waals surface area contributed by atoms with Crippen molar-refractivity contribution in [1.29, 1.82) is 0 Å². The molecule has 164 valence electrons. The number of nitrogens with zero attached hydrogens (tertiary/aromatic N) is 2. The molecule has 2 rings (SSSR count). The number of unbranched alkanes of at least 4 members (excludes halogenated alkanes) is 6. The Morgan fingerprint density at radius 1 is 0.933 bits per heavy atom. The zero-order chi connectivity index (χ0) is 21.8. The summed E-state index contributed by atoms with van der Waals surface area (Å²) in [5.41, 5.74) is 1.94. The lowest BCUT2D eigenvalue weighted by molar-refractivity contribution is -0.134. The highest BCUT2D eigenvalue weighted by Crippen LogP contribution is 2.23. The van der Waals surface area contributed by atoms with E-state index >= 15 is 0 Å². The molecule has 2 aromatic rings. The first-order valence-electron chi connectivity index (χ1n) is 11.3. The van der Waals surface area contributed by atoms with Crippen LogP contribution in [0, 0.1) is 5.92 Å². The van der Waals surface area contributed by atoms with Crippen molar-refractivity contribution in [3.05, 3.63) is 42.5 Å². The van der Waals surface area contributed by atoms with E-state index in [1.807, 2.05) is 38.4 Å². The predicted molar refractivity (Wildman–Crippen MR) is 124 cm³/mol. The van der Waals surface area contributed by atoms with Crippen molar-refractivity contribution in [3.8, 4) is 16.9 Å². The molecule has 1 unspecified atom stereocenters. The van der Waals surface area contributed by atoms with Gasteiger partial charge in [-0.3, -0.25) is 4.79 Å². The van der Waals surface area contributed by atoms with Crippen molar-refractivity contribution in [2.75, 3.05) is 0 Å². The van der Waals surface area contributed by atoms with Crippen LogP contribution in [0.1, 0.15) is 78.0 Å². The van der Waals surface area contributed by atoms with Gasteiger partial charge in [0.25, 0.3) is 0 Å². The highest BCUT2D eigenvalue weighted by molar-refractivity contribution is 6.30. The molecule has 0 saturated heterocycles. The number of hydrogen-bond acceptors (Lipinski definition) is 4. The second-order valence-corrected chi connectivity index (χ2v) is 8.46. The van der Waals surface area contributed by atoms with Gasteiger partial charge < -0.3 is 4.74 Å². The lowest BCUT2D eigenvalue weighted by Crippen LogP contribution is -2.26. The summed E-state index contributed by atoms with van der Waals surface area (Å²) in [4.78, 5) is 21.1. The van der Waals surface area contributed by atoms with E-state index in [0.29, 0.717) is 5.75 Å². The molecule has 30 heavy (non-hydrogen) atoms. The van der Waals surface area contributed by atoms with Gasteiger partial charge in [-0.25, -0.2) is 9.97 Å². The van der Waals surface area contributed by atoms with Gasteiger partial charge in [-0.2, -0.15) is 0 Å². The number of ether oxygens (including phenoxy) is 1. The van der Waals surface area contributed by atoms with Crippen LogP contribution in [-0.2, 0) is 11.2 Å². The summed E-state index contributed by atoms with van der Waals surface area (Å²) < 4.78 is 5.39. The third-order valence-corrected chi connectivity index (χ3v) is 6.09. The van der Waals surface area contributed by atoms with Crippen molar-refractivity contribution in [3.63, 3.8) is 0 Å². The molecule has 4 nitrogen and oxygen atoms in total. The average molecular weight is 431 g/mol. The Balaban J connectivity index is 1.81. The van der Waals surface area contributed by atoms with Crippen molar-refractivity contribution < 1.29 is 9.53 Å². The SMILES string of the molecule is CCCCCCCCCc1ncc(-c2ccc(OC(=O)[C@@H](Cl)C(C)CC)cc2)cn1. The van der Waals surface area contributed by atoms with E-state index in [4.69, 9.17) is 16.3 Å². The number of alkyl halides is 1. The van der Waals surface area contributed by atoms with E-state index in [1.165, 1.54) is 38.5 Å². The molecule has 0 N–H and O–H groups in total. The van der Waals surface area contributed by atoms with E-state index in [2.05, 4.69) is 16.9 Å². The summed E-state index contributed by atoms with van der Waals surface area (Å²) >= 11 is 6.16. The summed E-state index contributed by atoms with van der Waals surface area (Å²) in [6, 6.07) is 7.37. The summed E-state index contributed by atoms with van der Waals surface area (Å²) in [5.74, 6) is 1.07. The fourth-order valence-corrected chi connectivity index (χ4v) is 3.42. The number of aromatic nitrogens is 2. The monoisotopic (exact) mass is 430 g/mol. The van der Waals surface area contributed by atoms with Crippen LogP contribution < -0.4 is 4.74 Å². The van der Waals surface area contributed by atoms with Crippen LogP contribution in [0.25, 0.3) is 11.1 Å². The minimum Gasteiger partial charge on any atom is -0.425 e. The molecule has 2 atom stereocenters. The van der Waals surface area contributed by atoms with E-state index in [1.54, 1.807) is 12.1 Å². The van der Waals surface area contributed by atoms with Crippen LogP contribution in [0.4, 0.5) is 0 Å². The van der Waals surface area contributed by atoms with E-state index in [9.17, 15) is 4.79 Å². The second kappa shape index (κ2) is 13.4. The van der Waals surface area contributed by atoms with Gasteiger partial charge in [-0.1, -0.05) is 77.8 Å². The van der Waals surface area contributed by atoms with Gasteiger partial charge in [0.2, 0.25) is 0 Å². The molecule has 1 aromatic carbocycles. The number of rotatable bonds is 13. The third kappa shape index (κ3) is 8.06. The minimum atomic E-state index is -0.632. The number of hydrogen-bond donors (Lipinski definition) is 0. The van der Waals surface area contributed by atoms with Gasteiger partial charge in [0, 0.05) is 24.4 Å². The second-order valence-electron chi connectivity index (χ2n) is 7.99. The number of aryl methyl sites for hydroxylation is 1. The van der Waals surface area contributed by atoms with Crippen LogP contribution in [-0.4, -0.2) is 21.3 Å². The largest absolute Gasteiger partial charge is 0.425 e. The normalized spacial score (nSPS) is 13.1. The Morgan fingerprint density at radius 3 is 2.13 bits per heavy atom. The zero-order valence-corrected chi connectivity index (χ0v) is 19.3. The standard InChI is InChI=1S/C25H35ClN2O2/c1-4-6-7-8-9-10-11-12-23-27-17-21(18-28-23)20-13-15-22(16-14-20)30-25(29)24(26)19(3)5-2/h13-19,24H,4-12H2,1-3H3/t19?,24-/m0/s1. The van der Waals surface area contributed by atoms with Gasteiger partial charge in [0.1, 0.15) is 17.0 Å². The molecular formula is C25H35ClN2O2. The number of carbonyl (C=O) groups excluding carboxylic acids is 1. The molecule has 0 aliphatic heterocycles. The summed E-state index contributed by atoms with van der Waals surface area (Å²) in [5, 5.41) is -0.632. The lowest BCUT2D eigenvalue weighted by atomic mass is 10.1. The third-order valence-electron chi connectivity index (χ3n) is 5.48. The maximum Gasteiger partial charge on any atom is 0.329 e. The molecule has 0 saturated carbocycles. The van der Waals surface area contributed by atoms with E-state index < -0.39 is 11.3 Å². The first-order chi connectivity index (χ1) is 14.5. The van der Waals surface area contributed by atoms with E-state index in [-0.39, 0.29) is 5.92 Å². The lowest BCUT2D eigenvalue weighted by Gasteiger charge is -2.15. The van der Waals surface area contributed by atoms with Crippen LogP contribution >= 0.6 is 11.6 Å². The maximum atomic E-state index is 12.1. The zero-order valence-electron chi connectivity index (χ0n) is 18.6. The molecule has 1 heterocycles. The first kappa shape index (κ1) is 24.3. The Kier molecular flexibility index (Phi) is 10.9. The van der Waals surface area contributed by atoms with Crippen LogP contribution in [0.15, 0.2) is 36.7 Å². The van der Waals surface area contributed by atoms with E-state index in [0.717, 1.165) is 36.2 Å². The summed E-state index contributed by atoms with van der Waals surface area (Å²) in [6.45, 7) is 6.19. The smallest absolute Gasteiger partial charge is 0.329 e. The van der Waals surface area contributed by atoms with Crippen molar-refractivity contribution in [2.45, 2.75) is 83.9 Å². The molecule has 0 amide bonds. The van der Waals surface area contributed by atoms with Gasteiger partial charge in [0.15, 0.2) is 0 Å². The highest BCUT2D eigenvalue weighted by Gasteiger charge is 2.23. The number of halogens is 1. The molecule has 0 aliphatic carbocycles. The topological polar surface area (TPSA) is 52.1 Å². The Hall–Kier alpha value is -1.94.